The molecule has 1 unspecified atom stereocenters. The summed E-state index contributed by atoms with van der Waals surface area (Å²) in [6.07, 6.45) is 0.627. The number of rotatable bonds is 0. The molecule has 1 aliphatic rings. The van der Waals surface area contributed by atoms with E-state index in [0.29, 0.717) is 6.10 Å². The van der Waals surface area contributed by atoms with Gasteiger partial charge in [-0.05, 0) is 13.0 Å². The lowest BCUT2D eigenvalue weighted by Crippen LogP contribution is -2.24. The van der Waals surface area contributed by atoms with E-state index in [2.05, 4.69) is 6.92 Å². The van der Waals surface area contributed by atoms with E-state index in [0.717, 1.165) is 0 Å². The van der Waals surface area contributed by atoms with Crippen molar-refractivity contribution >= 4 is 9.76 Å². The molecular formula is C3H8OSi. The van der Waals surface area contributed by atoms with Gasteiger partial charge in [-0.25, -0.2) is 0 Å². The van der Waals surface area contributed by atoms with Gasteiger partial charge in [-0.1, -0.05) is 0 Å². The molecule has 0 aromatic heterocycles. The van der Waals surface area contributed by atoms with Crippen molar-refractivity contribution in [1.82, 2.24) is 0 Å². The van der Waals surface area contributed by atoms with Gasteiger partial charge in [0.2, 0.25) is 0 Å². The smallest absolute Gasteiger partial charge is 0.164 e. The maximum atomic E-state index is 5.07. The standard InChI is InChI=1S/C3H8OSi/c1-3-2-5-4-3/h3H,2,5H2,1H3. The second-order valence-electron chi connectivity index (χ2n) is 1.47. The molecule has 0 aliphatic carbocycles. The van der Waals surface area contributed by atoms with Gasteiger partial charge in [0.15, 0.2) is 9.76 Å². The second kappa shape index (κ2) is 1.10. The molecule has 1 nitrogen and oxygen atoms in total. The third-order valence-electron chi connectivity index (χ3n) is 0.927. The zero-order chi connectivity index (χ0) is 3.70. The monoisotopic (exact) mass is 88.0 g/mol. The summed E-state index contributed by atoms with van der Waals surface area (Å²) in [7, 11) is 0.0575. The summed E-state index contributed by atoms with van der Waals surface area (Å²) in [5, 5.41) is 0. The van der Waals surface area contributed by atoms with Crippen molar-refractivity contribution in [2.24, 2.45) is 0 Å². The summed E-state index contributed by atoms with van der Waals surface area (Å²) < 4.78 is 5.07. The van der Waals surface area contributed by atoms with Crippen LogP contribution in [0.1, 0.15) is 6.92 Å². The van der Waals surface area contributed by atoms with Crippen LogP contribution >= 0.6 is 0 Å². The Bertz CT molecular complexity index is 33.9. The van der Waals surface area contributed by atoms with Gasteiger partial charge in [0.25, 0.3) is 0 Å². The van der Waals surface area contributed by atoms with E-state index in [9.17, 15) is 0 Å². The van der Waals surface area contributed by atoms with E-state index in [1.54, 1.807) is 0 Å². The Hall–Kier alpha value is 0.177. The van der Waals surface area contributed by atoms with Gasteiger partial charge in [0.1, 0.15) is 0 Å². The van der Waals surface area contributed by atoms with Crippen LogP contribution in [0.15, 0.2) is 0 Å². The molecule has 1 saturated heterocycles. The minimum absolute atomic E-state index is 0.0575. The number of hydrogen-bond acceptors (Lipinski definition) is 1. The maximum Gasteiger partial charge on any atom is 0.164 e. The van der Waals surface area contributed by atoms with E-state index in [1.807, 2.05) is 0 Å². The van der Waals surface area contributed by atoms with E-state index < -0.39 is 0 Å². The Morgan fingerprint density at radius 1 is 2.00 bits per heavy atom. The lowest BCUT2D eigenvalue weighted by molar-refractivity contribution is 0.197. The number of hydrogen-bond donors (Lipinski definition) is 0. The maximum absolute atomic E-state index is 5.07. The average Bonchev–Trinajstić information content (AvgIpc) is 1.30. The fourth-order valence-corrected chi connectivity index (χ4v) is 1.06. The van der Waals surface area contributed by atoms with Gasteiger partial charge in [0.05, 0.1) is 0 Å². The Labute approximate surface area is 34.3 Å². The van der Waals surface area contributed by atoms with E-state index in [1.165, 1.54) is 6.04 Å². The first kappa shape index (κ1) is 3.37. The first-order chi connectivity index (χ1) is 2.39. The van der Waals surface area contributed by atoms with Crippen molar-refractivity contribution in [3.8, 4) is 0 Å². The molecule has 1 fully saturated rings. The van der Waals surface area contributed by atoms with Crippen molar-refractivity contribution in [2.75, 3.05) is 0 Å². The molecule has 1 rings (SSSR count). The summed E-state index contributed by atoms with van der Waals surface area (Å²) in [5.74, 6) is 0. The molecule has 0 aromatic carbocycles. The molecule has 5 heavy (non-hydrogen) atoms. The summed E-state index contributed by atoms with van der Waals surface area (Å²) in [5.41, 5.74) is 0. The minimum Gasteiger partial charge on any atom is -0.422 e. The molecule has 1 aliphatic heterocycles. The van der Waals surface area contributed by atoms with Crippen LogP contribution in [-0.2, 0) is 4.43 Å². The fourth-order valence-electron chi connectivity index (χ4n) is 0.354. The molecule has 1 heterocycles. The highest BCUT2D eigenvalue weighted by atomic mass is 28.2. The predicted octanol–water partition coefficient (Wildman–Crippen LogP) is -0.0928. The van der Waals surface area contributed by atoms with Gasteiger partial charge >= 0.3 is 0 Å². The third kappa shape index (κ3) is 0.519. The summed E-state index contributed by atoms with van der Waals surface area (Å²) in [6, 6.07) is 1.40. The van der Waals surface area contributed by atoms with E-state index in [-0.39, 0.29) is 9.76 Å². The first-order valence-corrected chi connectivity index (χ1v) is 3.59. The molecular weight excluding hydrogens is 80.1 g/mol. The van der Waals surface area contributed by atoms with Crippen molar-refractivity contribution in [3.63, 3.8) is 0 Å². The van der Waals surface area contributed by atoms with Gasteiger partial charge < -0.3 is 4.43 Å². The molecule has 0 amide bonds. The molecule has 2 heteroatoms. The topological polar surface area (TPSA) is 9.23 Å². The Morgan fingerprint density at radius 2 is 2.40 bits per heavy atom. The summed E-state index contributed by atoms with van der Waals surface area (Å²) >= 11 is 0. The average molecular weight is 88.2 g/mol. The predicted molar refractivity (Wildman–Crippen MR) is 23.9 cm³/mol. The van der Waals surface area contributed by atoms with Crippen molar-refractivity contribution in [3.05, 3.63) is 0 Å². The van der Waals surface area contributed by atoms with Crippen LogP contribution in [0, 0.1) is 0 Å². The second-order valence-corrected chi connectivity index (χ2v) is 2.79. The van der Waals surface area contributed by atoms with Crippen LogP contribution < -0.4 is 0 Å². The lowest BCUT2D eigenvalue weighted by atomic mass is 10.5. The molecule has 30 valence electrons. The van der Waals surface area contributed by atoms with Crippen LogP contribution in [0.2, 0.25) is 6.04 Å². The Morgan fingerprint density at radius 3 is 2.40 bits per heavy atom. The highest BCUT2D eigenvalue weighted by Crippen LogP contribution is 2.06. The van der Waals surface area contributed by atoms with Gasteiger partial charge in [0, 0.05) is 6.10 Å². The molecule has 1 atom stereocenters. The Kier molecular flexibility index (Phi) is 0.745. The SMILES string of the molecule is CC1C[SiH2]O1. The third-order valence-corrected chi connectivity index (χ3v) is 2.78. The molecule has 0 N–H and O–H groups in total. The van der Waals surface area contributed by atoms with Crippen molar-refractivity contribution in [2.45, 2.75) is 19.1 Å². The largest absolute Gasteiger partial charge is 0.422 e. The zero-order valence-corrected chi connectivity index (χ0v) is 4.81. The quantitative estimate of drug-likeness (QED) is 0.376. The van der Waals surface area contributed by atoms with E-state index >= 15 is 0 Å². The molecule has 0 aromatic rings. The van der Waals surface area contributed by atoms with Gasteiger partial charge in [-0.2, -0.15) is 0 Å². The minimum atomic E-state index is 0.0575. The van der Waals surface area contributed by atoms with Crippen molar-refractivity contribution < 1.29 is 4.43 Å². The van der Waals surface area contributed by atoms with Crippen molar-refractivity contribution in [1.29, 1.82) is 0 Å². The Balaban J connectivity index is 2.08. The molecule has 0 radical (unpaired) electrons. The first-order valence-electron chi connectivity index (χ1n) is 2.01. The fraction of sp³-hybridized carbons (Fsp3) is 1.00. The van der Waals surface area contributed by atoms with Crippen LogP contribution in [0.25, 0.3) is 0 Å². The van der Waals surface area contributed by atoms with Crippen LogP contribution in [-0.4, -0.2) is 15.9 Å². The summed E-state index contributed by atoms with van der Waals surface area (Å²) in [4.78, 5) is 0. The van der Waals surface area contributed by atoms with Crippen LogP contribution in [0.4, 0.5) is 0 Å². The van der Waals surface area contributed by atoms with Crippen LogP contribution in [0.3, 0.4) is 0 Å². The highest BCUT2D eigenvalue weighted by Gasteiger charge is 2.10. The summed E-state index contributed by atoms with van der Waals surface area (Å²) in [6.45, 7) is 2.12. The normalized spacial score (nSPS) is 41.4. The molecule has 0 saturated carbocycles. The van der Waals surface area contributed by atoms with Gasteiger partial charge in [-0.3, -0.25) is 0 Å². The molecule has 0 spiro atoms. The highest BCUT2D eigenvalue weighted by molar-refractivity contribution is 6.30. The van der Waals surface area contributed by atoms with E-state index in [4.69, 9.17) is 4.43 Å². The van der Waals surface area contributed by atoms with Crippen LogP contribution in [0.5, 0.6) is 0 Å². The lowest BCUT2D eigenvalue weighted by Gasteiger charge is -2.20. The van der Waals surface area contributed by atoms with Gasteiger partial charge in [-0.15, -0.1) is 0 Å². The zero-order valence-electron chi connectivity index (χ0n) is 3.40. The molecule has 0 bridgehead atoms.